The monoisotopic (exact) mass is 616 g/mol. The molecule has 1 fully saturated rings. The van der Waals surface area contributed by atoms with E-state index in [1.807, 2.05) is 36.4 Å². The first-order valence-electron chi connectivity index (χ1n) is 14.6. The molecule has 0 aliphatic carbocycles. The lowest BCUT2D eigenvalue weighted by Crippen LogP contribution is -2.58. The molecule has 1 aromatic heterocycles. The second kappa shape index (κ2) is 13.2. The van der Waals surface area contributed by atoms with Crippen LogP contribution in [-0.4, -0.2) is 75.6 Å². The molecule has 2 aromatic carbocycles. The van der Waals surface area contributed by atoms with Gasteiger partial charge in [0.05, 0.1) is 18.6 Å². The number of anilines is 3. The van der Waals surface area contributed by atoms with Gasteiger partial charge in [-0.25, -0.2) is 9.78 Å². The Labute approximate surface area is 259 Å². The normalized spacial score (nSPS) is 15.1. The zero-order chi connectivity index (χ0) is 32.1. The molecule has 1 saturated heterocycles. The maximum atomic E-state index is 13.2. The Bertz CT molecular complexity index is 1590. The summed E-state index contributed by atoms with van der Waals surface area (Å²) in [6, 6.07) is 13.9. The van der Waals surface area contributed by atoms with E-state index in [4.69, 9.17) is 4.74 Å². The SMILES string of the molecule is CC(C)(C)OC(=O)N1CC(C(=O)NNC(=O)c2cnc(Nc3ccc4c(c3)CCNC4=O)nc2N[C@H](CO)c2ccccc2)C1. The van der Waals surface area contributed by atoms with E-state index in [1.54, 1.807) is 32.9 Å². The average Bonchev–Trinajstić information content (AvgIpc) is 2.97. The van der Waals surface area contributed by atoms with Crippen molar-refractivity contribution in [3.63, 3.8) is 0 Å². The average molecular weight is 617 g/mol. The van der Waals surface area contributed by atoms with E-state index in [1.165, 1.54) is 11.1 Å². The number of carbonyl (C=O) groups is 4. The van der Waals surface area contributed by atoms with Crippen LogP contribution in [0, 0.1) is 5.92 Å². The van der Waals surface area contributed by atoms with Crippen molar-refractivity contribution in [2.24, 2.45) is 5.92 Å². The Morgan fingerprint density at radius 2 is 1.87 bits per heavy atom. The van der Waals surface area contributed by atoms with Gasteiger partial charge in [-0.1, -0.05) is 30.3 Å². The highest BCUT2D eigenvalue weighted by Crippen LogP contribution is 2.25. The van der Waals surface area contributed by atoms with Crippen molar-refractivity contribution in [3.8, 4) is 0 Å². The maximum Gasteiger partial charge on any atom is 0.410 e. The molecule has 1 atom stereocenters. The number of aromatic nitrogens is 2. The first kappa shape index (κ1) is 31.2. The lowest BCUT2D eigenvalue weighted by Gasteiger charge is -2.38. The molecule has 45 heavy (non-hydrogen) atoms. The highest BCUT2D eigenvalue weighted by molar-refractivity contribution is 6.00. The van der Waals surface area contributed by atoms with Gasteiger partial charge in [-0.2, -0.15) is 4.98 Å². The quantitative estimate of drug-likeness (QED) is 0.205. The fourth-order valence-corrected chi connectivity index (χ4v) is 4.85. The number of hydrogen-bond donors (Lipinski definition) is 6. The molecular weight excluding hydrogens is 580 g/mol. The summed E-state index contributed by atoms with van der Waals surface area (Å²) in [4.78, 5) is 60.4. The van der Waals surface area contributed by atoms with Gasteiger partial charge in [0.2, 0.25) is 11.9 Å². The topological polar surface area (TPSA) is 187 Å². The Hall–Kier alpha value is -5.24. The first-order valence-corrected chi connectivity index (χ1v) is 14.6. The van der Waals surface area contributed by atoms with Crippen LogP contribution in [0.2, 0.25) is 0 Å². The summed E-state index contributed by atoms with van der Waals surface area (Å²) in [5.41, 5.74) is 7.08. The Morgan fingerprint density at radius 3 is 2.58 bits per heavy atom. The number of carbonyl (C=O) groups excluding carboxylic acids is 4. The van der Waals surface area contributed by atoms with Crippen molar-refractivity contribution in [3.05, 3.63) is 77.0 Å². The minimum atomic E-state index is -0.690. The van der Waals surface area contributed by atoms with Gasteiger partial charge in [-0.15, -0.1) is 0 Å². The van der Waals surface area contributed by atoms with Gasteiger partial charge in [0.1, 0.15) is 17.0 Å². The number of fused-ring (bicyclic) bond motifs is 1. The van der Waals surface area contributed by atoms with Crippen molar-refractivity contribution in [1.29, 1.82) is 0 Å². The van der Waals surface area contributed by atoms with Gasteiger partial charge in [-0.05, 0) is 56.5 Å². The van der Waals surface area contributed by atoms with E-state index in [2.05, 4.69) is 36.8 Å². The lowest BCUT2D eigenvalue weighted by molar-refractivity contribution is -0.130. The van der Waals surface area contributed by atoms with Crippen LogP contribution >= 0.6 is 0 Å². The Morgan fingerprint density at radius 1 is 1.11 bits per heavy atom. The zero-order valence-electron chi connectivity index (χ0n) is 25.2. The van der Waals surface area contributed by atoms with Crippen molar-refractivity contribution < 1.29 is 29.0 Å². The third-order valence-electron chi connectivity index (χ3n) is 7.22. The molecule has 14 nitrogen and oxygen atoms in total. The van der Waals surface area contributed by atoms with E-state index < -0.39 is 35.5 Å². The summed E-state index contributed by atoms with van der Waals surface area (Å²) in [6.45, 7) is 5.86. The molecule has 0 spiro atoms. The molecule has 0 saturated carbocycles. The predicted octanol–water partition coefficient (Wildman–Crippen LogP) is 2.28. The molecule has 4 amide bonds. The number of likely N-dealkylation sites (tertiary alicyclic amines) is 1. The third-order valence-corrected chi connectivity index (χ3v) is 7.22. The Kier molecular flexibility index (Phi) is 9.13. The van der Waals surface area contributed by atoms with Crippen molar-refractivity contribution >= 4 is 41.3 Å². The van der Waals surface area contributed by atoms with Crippen molar-refractivity contribution in [2.75, 3.05) is 36.9 Å². The van der Waals surface area contributed by atoms with E-state index >= 15 is 0 Å². The molecule has 3 heterocycles. The van der Waals surface area contributed by atoms with Crippen LogP contribution < -0.4 is 26.8 Å². The number of nitrogens with zero attached hydrogens (tertiary/aromatic N) is 3. The number of nitrogens with one attached hydrogen (secondary N) is 5. The number of amides is 4. The number of hydrogen-bond acceptors (Lipinski definition) is 10. The number of aliphatic hydroxyl groups excluding tert-OH is 1. The van der Waals surface area contributed by atoms with Gasteiger partial charge >= 0.3 is 6.09 Å². The molecule has 0 radical (unpaired) electrons. The summed E-state index contributed by atoms with van der Waals surface area (Å²) < 4.78 is 5.31. The molecule has 6 N–H and O–H groups in total. The minimum Gasteiger partial charge on any atom is -0.444 e. The van der Waals surface area contributed by atoms with E-state index in [-0.39, 0.29) is 42.9 Å². The van der Waals surface area contributed by atoms with Gasteiger partial charge in [0.25, 0.3) is 11.8 Å². The van der Waals surface area contributed by atoms with Crippen LogP contribution in [0.25, 0.3) is 0 Å². The van der Waals surface area contributed by atoms with Crippen LogP contribution in [0.4, 0.5) is 22.2 Å². The fraction of sp³-hybridized carbons (Fsp3) is 0.355. The third kappa shape index (κ3) is 7.65. The molecule has 3 aromatic rings. The summed E-state index contributed by atoms with van der Waals surface area (Å²) in [7, 11) is 0. The van der Waals surface area contributed by atoms with E-state index in [9.17, 15) is 24.3 Å². The summed E-state index contributed by atoms with van der Waals surface area (Å²) in [5.74, 6) is -1.51. The zero-order valence-corrected chi connectivity index (χ0v) is 25.2. The van der Waals surface area contributed by atoms with Crippen LogP contribution in [0.5, 0.6) is 0 Å². The number of benzene rings is 2. The number of aliphatic hydroxyl groups is 1. The van der Waals surface area contributed by atoms with Crippen molar-refractivity contribution in [2.45, 2.75) is 38.8 Å². The lowest BCUT2D eigenvalue weighted by atomic mass is 10.00. The first-order chi connectivity index (χ1) is 21.5. The molecule has 2 aliphatic heterocycles. The highest BCUT2D eigenvalue weighted by atomic mass is 16.6. The largest absolute Gasteiger partial charge is 0.444 e. The van der Waals surface area contributed by atoms with Crippen LogP contribution in [-0.2, 0) is 16.0 Å². The molecule has 236 valence electrons. The Balaban J connectivity index is 1.29. The number of rotatable bonds is 8. The molecule has 0 bridgehead atoms. The van der Waals surface area contributed by atoms with Crippen molar-refractivity contribution in [1.82, 2.24) is 31.0 Å². The number of ether oxygens (including phenoxy) is 1. The van der Waals surface area contributed by atoms with Gasteiger partial charge in [0.15, 0.2) is 0 Å². The minimum absolute atomic E-state index is 0.0151. The molecular formula is C31H36N8O6. The van der Waals surface area contributed by atoms with Gasteiger partial charge < -0.3 is 30.7 Å². The molecule has 14 heteroatoms. The van der Waals surface area contributed by atoms with Crippen LogP contribution in [0.3, 0.4) is 0 Å². The highest BCUT2D eigenvalue weighted by Gasteiger charge is 2.38. The van der Waals surface area contributed by atoms with E-state index in [0.29, 0.717) is 24.2 Å². The summed E-state index contributed by atoms with van der Waals surface area (Å²) in [6.07, 6.45) is 1.48. The second-order valence-electron chi connectivity index (χ2n) is 11.8. The number of hydrazine groups is 1. The molecule has 2 aliphatic rings. The smallest absolute Gasteiger partial charge is 0.410 e. The molecule has 0 unspecified atom stereocenters. The maximum absolute atomic E-state index is 13.2. The van der Waals surface area contributed by atoms with Gasteiger partial charge in [-0.3, -0.25) is 25.2 Å². The predicted molar refractivity (Wildman–Crippen MR) is 165 cm³/mol. The fourth-order valence-electron chi connectivity index (χ4n) is 4.85. The van der Waals surface area contributed by atoms with Gasteiger partial charge in [0, 0.05) is 37.1 Å². The summed E-state index contributed by atoms with van der Waals surface area (Å²) in [5, 5.41) is 19.2. The van der Waals surface area contributed by atoms with Crippen LogP contribution in [0.15, 0.2) is 54.7 Å². The van der Waals surface area contributed by atoms with E-state index in [0.717, 1.165) is 11.1 Å². The molecule has 5 rings (SSSR count). The summed E-state index contributed by atoms with van der Waals surface area (Å²) >= 11 is 0. The second-order valence-corrected chi connectivity index (χ2v) is 11.8. The van der Waals surface area contributed by atoms with Crippen LogP contribution in [0.1, 0.15) is 58.7 Å². The standard InChI is InChI=1S/C31H36N8O6/c1-31(2,3)45-30(44)39-15-20(16-39)26(41)37-38-28(43)23-14-33-29(34-21-9-10-22-19(13-21)11-12-32-27(22)42)36-25(23)35-24(17-40)18-7-5-4-6-8-18/h4-10,13-14,20,24,40H,11-12,15-17H2,1-3H3,(H,32,42)(H,37,41)(H,38,43)(H2,33,34,35,36)/t24-/m1/s1.